The first kappa shape index (κ1) is 11.6. The third-order valence-corrected chi connectivity index (χ3v) is 3.20. The minimum Gasteiger partial charge on any atom is -0.548 e. The molecule has 0 heterocycles. The van der Waals surface area contributed by atoms with E-state index in [-0.39, 0.29) is 0 Å². The van der Waals surface area contributed by atoms with Crippen molar-refractivity contribution in [1.29, 1.82) is 0 Å². The molecule has 1 aliphatic carbocycles. The van der Waals surface area contributed by atoms with Crippen LogP contribution >= 0.6 is 0 Å². The van der Waals surface area contributed by atoms with Gasteiger partial charge in [0.2, 0.25) is 8.32 Å². The van der Waals surface area contributed by atoms with E-state index in [2.05, 4.69) is 32.3 Å². The normalized spacial score (nSPS) is 22.8. The summed E-state index contributed by atoms with van der Waals surface area (Å²) in [7, 11) is -1.39. The molecule has 0 saturated carbocycles. The molecule has 0 N–H and O–H groups in total. The molecule has 0 spiro atoms. The Balaban J connectivity index is 2.55. The minimum atomic E-state index is -1.39. The van der Waals surface area contributed by atoms with Crippen molar-refractivity contribution in [3.8, 4) is 0 Å². The van der Waals surface area contributed by atoms with Crippen LogP contribution in [0.5, 0.6) is 0 Å². The van der Waals surface area contributed by atoms with Gasteiger partial charge in [-0.2, -0.15) is 0 Å². The molecule has 0 fully saturated rings. The van der Waals surface area contributed by atoms with Gasteiger partial charge in [0, 0.05) is 6.42 Å². The van der Waals surface area contributed by atoms with Crippen molar-refractivity contribution >= 4 is 8.32 Å². The van der Waals surface area contributed by atoms with E-state index in [9.17, 15) is 0 Å². The highest BCUT2D eigenvalue weighted by Gasteiger charge is 2.20. The van der Waals surface area contributed by atoms with E-state index in [1.165, 1.54) is 18.6 Å². The summed E-state index contributed by atoms with van der Waals surface area (Å²) in [5.41, 5.74) is 0. The van der Waals surface area contributed by atoms with Crippen LogP contribution in [0.25, 0.3) is 0 Å². The number of rotatable bonds is 4. The lowest BCUT2D eigenvalue weighted by Gasteiger charge is -2.26. The smallest absolute Gasteiger partial charge is 0.241 e. The van der Waals surface area contributed by atoms with Crippen LogP contribution in [-0.2, 0) is 4.43 Å². The highest BCUT2D eigenvalue weighted by molar-refractivity contribution is 6.70. The Hall–Kier alpha value is -0.503. The van der Waals surface area contributed by atoms with E-state index >= 15 is 0 Å². The molecule has 80 valence electrons. The van der Waals surface area contributed by atoms with Crippen LogP contribution in [0.15, 0.2) is 24.5 Å². The predicted molar refractivity (Wildman–Crippen MR) is 64.7 cm³/mol. The summed E-state index contributed by atoms with van der Waals surface area (Å²) in [6.07, 6.45) is 9.14. The number of allylic oxidation sites excluding steroid dienone is 3. The fourth-order valence-corrected chi connectivity index (χ4v) is 2.80. The van der Waals surface area contributed by atoms with Gasteiger partial charge in [-0.3, -0.25) is 0 Å². The lowest BCUT2D eigenvalue weighted by molar-refractivity contribution is 0.358. The van der Waals surface area contributed by atoms with Crippen LogP contribution in [0.3, 0.4) is 0 Å². The van der Waals surface area contributed by atoms with Gasteiger partial charge in [-0.15, -0.1) is 6.58 Å². The maximum atomic E-state index is 6.02. The molecule has 0 aromatic rings. The first-order chi connectivity index (χ1) is 6.51. The lowest BCUT2D eigenvalue weighted by atomic mass is 9.92. The van der Waals surface area contributed by atoms with Crippen LogP contribution < -0.4 is 0 Å². The fraction of sp³-hybridized carbons (Fsp3) is 0.667. The van der Waals surface area contributed by atoms with Gasteiger partial charge in [-0.1, -0.05) is 6.08 Å². The lowest BCUT2D eigenvalue weighted by Crippen LogP contribution is -2.26. The van der Waals surface area contributed by atoms with E-state index in [1.54, 1.807) is 0 Å². The van der Waals surface area contributed by atoms with E-state index in [0.29, 0.717) is 5.92 Å². The average Bonchev–Trinajstić information content (AvgIpc) is 2.02. The van der Waals surface area contributed by atoms with Gasteiger partial charge in [-0.05, 0) is 50.9 Å². The van der Waals surface area contributed by atoms with Crippen molar-refractivity contribution in [3.63, 3.8) is 0 Å². The third kappa shape index (κ3) is 4.14. The molecule has 0 amide bonds. The Labute approximate surface area is 89.0 Å². The summed E-state index contributed by atoms with van der Waals surface area (Å²) in [4.78, 5) is 0. The van der Waals surface area contributed by atoms with E-state index in [0.717, 1.165) is 12.8 Å². The zero-order valence-corrected chi connectivity index (χ0v) is 10.7. The molecule has 0 aliphatic heterocycles. The Morgan fingerprint density at radius 2 is 2.29 bits per heavy atom. The van der Waals surface area contributed by atoms with Crippen molar-refractivity contribution < 1.29 is 4.43 Å². The summed E-state index contributed by atoms with van der Waals surface area (Å²) < 4.78 is 6.02. The van der Waals surface area contributed by atoms with Gasteiger partial charge in [0.1, 0.15) is 0 Å². The molecule has 2 heteroatoms. The summed E-state index contributed by atoms with van der Waals surface area (Å²) in [5.74, 6) is 1.91. The molecule has 1 atom stereocenters. The summed E-state index contributed by atoms with van der Waals surface area (Å²) >= 11 is 0. The highest BCUT2D eigenvalue weighted by atomic mass is 28.4. The van der Waals surface area contributed by atoms with Crippen LogP contribution in [0.1, 0.15) is 25.7 Å². The molecule has 1 rings (SSSR count). The average molecular weight is 210 g/mol. The third-order valence-electron chi connectivity index (χ3n) is 2.33. The van der Waals surface area contributed by atoms with Gasteiger partial charge < -0.3 is 4.43 Å². The van der Waals surface area contributed by atoms with Crippen molar-refractivity contribution in [1.82, 2.24) is 0 Å². The predicted octanol–water partition coefficient (Wildman–Crippen LogP) is 4.10. The second kappa shape index (κ2) is 4.83. The molecule has 0 radical (unpaired) electrons. The quantitative estimate of drug-likeness (QED) is 0.501. The van der Waals surface area contributed by atoms with Gasteiger partial charge in [0.05, 0.1) is 5.76 Å². The summed E-state index contributed by atoms with van der Waals surface area (Å²) in [5, 5.41) is 0. The maximum absolute atomic E-state index is 6.02. The van der Waals surface area contributed by atoms with Gasteiger partial charge in [0.15, 0.2) is 0 Å². The molecule has 14 heavy (non-hydrogen) atoms. The molecule has 0 aromatic heterocycles. The van der Waals surface area contributed by atoms with Gasteiger partial charge in [0.25, 0.3) is 0 Å². The largest absolute Gasteiger partial charge is 0.548 e. The molecule has 0 aromatic carbocycles. The maximum Gasteiger partial charge on any atom is 0.241 e. The summed E-state index contributed by atoms with van der Waals surface area (Å²) in [6, 6.07) is 0. The van der Waals surface area contributed by atoms with Crippen molar-refractivity contribution in [3.05, 3.63) is 24.5 Å². The zero-order chi connectivity index (χ0) is 10.6. The van der Waals surface area contributed by atoms with E-state index in [4.69, 9.17) is 4.43 Å². The molecular formula is C12H22OSi. The number of hydrogen-bond donors (Lipinski definition) is 0. The van der Waals surface area contributed by atoms with Crippen LogP contribution in [-0.4, -0.2) is 8.32 Å². The van der Waals surface area contributed by atoms with Crippen molar-refractivity contribution in [2.45, 2.75) is 45.3 Å². The first-order valence-corrected chi connectivity index (χ1v) is 8.93. The second-order valence-electron chi connectivity index (χ2n) is 5.02. The zero-order valence-electron chi connectivity index (χ0n) is 9.68. The first-order valence-electron chi connectivity index (χ1n) is 5.52. The van der Waals surface area contributed by atoms with Crippen LogP contribution in [0.2, 0.25) is 19.6 Å². The van der Waals surface area contributed by atoms with E-state index < -0.39 is 8.32 Å². The van der Waals surface area contributed by atoms with Gasteiger partial charge in [-0.25, -0.2) is 0 Å². The Morgan fingerprint density at radius 1 is 1.57 bits per heavy atom. The Morgan fingerprint density at radius 3 is 2.86 bits per heavy atom. The monoisotopic (exact) mass is 210 g/mol. The SMILES string of the molecule is C=CCC1C=C(O[Si](C)(C)C)CCC1. The minimum absolute atomic E-state index is 0.674. The van der Waals surface area contributed by atoms with Gasteiger partial charge >= 0.3 is 0 Å². The van der Waals surface area contributed by atoms with Crippen molar-refractivity contribution in [2.75, 3.05) is 0 Å². The topological polar surface area (TPSA) is 9.23 Å². The summed E-state index contributed by atoms with van der Waals surface area (Å²) in [6.45, 7) is 10.5. The Kier molecular flexibility index (Phi) is 3.99. The standard InChI is InChI=1S/C12H22OSi/c1-5-7-11-8-6-9-12(10-11)13-14(2,3)4/h5,10-11H,1,6-9H2,2-4H3. The Bertz CT molecular complexity index is 225. The molecule has 1 unspecified atom stereocenters. The van der Waals surface area contributed by atoms with Crippen molar-refractivity contribution in [2.24, 2.45) is 5.92 Å². The molecule has 0 bridgehead atoms. The van der Waals surface area contributed by atoms with E-state index in [1.807, 2.05) is 6.08 Å². The number of hydrogen-bond acceptors (Lipinski definition) is 1. The molecular weight excluding hydrogens is 188 g/mol. The molecule has 1 aliphatic rings. The second-order valence-corrected chi connectivity index (χ2v) is 9.45. The fourth-order valence-electron chi connectivity index (χ4n) is 1.85. The highest BCUT2D eigenvalue weighted by Crippen LogP contribution is 2.27. The van der Waals surface area contributed by atoms with Crippen LogP contribution in [0.4, 0.5) is 0 Å². The molecule has 1 nitrogen and oxygen atoms in total. The van der Waals surface area contributed by atoms with Crippen LogP contribution in [0, 0.1) is 5.92 Å². The molecule has 0 saturated heterocycles.